The predicted molar refractivity (Wildman–Crippen MR) is 66.5 cm³/mol. The molecular weight excluding hydrogens is 240 g/mol. The number of nitrogens with two attached hydrogens (primary N) is 1. The highest BCUT2D eigenvalue weighted by molar-refractivity contribution is 6.34. The highest BCUT2D eigenvalue weighted by Crippen LogP contribution is 2.27. The zero-order chi connectivity index (χ0) is 12.4. The molecule has 1 aromatic carbocycles. The quantitative estimate of drug-likeness (QED) is 0.859. The van der Waals surface area contributed by atoms with Crippen LogP contribution in [-0.2, 0) is 0 Å². The number of hydrogen-bond acceptors (Lipinski definition) is 2. The summed E-state index contributed by atoms with van der Waals surface area (Å²) in [5.74, 6) is 0.378. The van der Waals surface area contributed by atoms with Crippen LogP contribution in [0.15, 0.2) is 30.3 Å². The number of anilines is 1. The third-order valence-corrected chi connectivity index (χ3v) is 2.68. The van der Waals surface area contributed by atoms with Crippen LogP contribution in [0.1, 0.15) is 5.69 Å². The molecule has 2 rings (SSSR count). The lowest BCUT2D eigenvalue weighted by Crippen LogP contribution is -2.21. The van der Waals surface area contributed by atoms with E-state index in [0.717, 1.165) is 5.69 Å². The smallest absolute Gasteiger partial charge is 0.317 e. The van der Waals surface area contributed by atoms with Gasteiger partial charge in [0, 0.05) is 0 Å². The summed E-state index contributed by atoms with van der Waals surface area (Å²) in [6, 6.07) is 8.67. The molecule has 2 aromatic rings. The molecule has 0 fully saturated rings. The first-order valence-electron chi connectivity index (χ1n) is 4.96. The summed E-state index contributed by atoms with van der Waals surface area (Å²) < 4.78 is 1.54. The molecule has 0 unspecified atom stereocenters. The molecule has 17 heavy (non-hydrogen) atoms. The number of carbonyl (C=O) groups is 1. The summed E-state index contributed by atoms with van der Waals surface area (Å²) in [5, 5.41) is 7.10. The maximum absolute atomic E-state index is 10.9. The molecule has 6 heteroatoms. The second-order valence-corrected chi connectivity index (χ2v) is 3.86. The molecule has 3 N–H and O–H groups in total. The molecule has 0 radical (unpaired) electrons. The van der Waals surface area contributed by atoms with Crippen molar-refractivity contribution in [3.05, 3.63) is 41.0 Å². The molecule has 0 bridgehead atoms. The molecule has 0 atom stereocenters. The molecule has 0 saturated heterocycles. The second-order valence-electron chi connectivity index (χ2n) is 3.48. The average Bonchev–Trinajstić information content (AvgIpc) is 2.58. The minimum atomic E-state index is -0.677. The normalized spacial score (nSPS) is 10.2. The number of halogens is 1. The van der Waals surface area contributed by atoms with E-state index in [1.807, 2.05) is 30.3 Å². The number of primary amides is 1. The summed E-state index contributed by atoms with van der Waals surface area (Å²) in [6.07, 6.45) is 0. The van der Waals surface area contributed by atoms with Crippen molar-refractivity contribution in [2.24, 2.45) is 5.73 Å². The fourth-order valence-corrected chi connectivity index (χ4v) is 1.65. The van der Waals surface area contributed by atoms with Gasteiger partial charge >= 0.3 is 6.03 Å². The van der Waals surface area contributed by atoms with Crippen molar-refractivity contribution in [3.63, 3.8) is 0 Å². The maximum atomic E-state index is 10.9. The molecule has 1 aromatic heterocycles. The average molecular weight is 251 g/mol. The highest BCUT2D eigenvalue weighted by Gasteiger charge is 2.15. The van der Waals surface area contributed by atoms with Crippen LogP contribution in [0, 0.1) is 6.92 Å². The third-order valence-electron chi connectivity index (χ3n) is 2.23. The summed E-state index contributed by atoms with van der Waals surface area (Å²) >= 11 is 6.05. The van der Waals surface area contributed by atoms with E-state index in [1.54, 1.807) is 11.6 Å². The Morgan fingerprint density at radius 2 is 2.06 bits per heavy atom. The summed E-state index contributed by atoms with van der Waals surface area (Å²) in [6.45, 7) is 1.76. The standard InChI is InChI=1S/C11H11ClN4O/c1-7-9(12)10(14-11(13)17)16(15-7)8-5-3-2-4-6-8/h2-6H,1H3,(H3,13,14,17). The maximum Gasteiger partial charge on any atom is 0.317 e. The molecule has 5 nitrogen and oxygen atoms in total. The Hall–Kier alpha value is -2.01. The number of benzene rings is 1. The third kappa shape index (κ3) is 2.24. The van der Waals surface area contributed by atoms with E-state index >= 15 is 0 Å². The molecular formula is C11H11ClN4O. The van der Waals surface area contributed by atoms with Gasteiger partial charge in [-0.2, -0.15) is 5.10 Å². The van der Waals surface area contributed by atoms with Crippen LogP contribution in [0.2, 0.25) is 5.02 Å². The van der Waals surface area contributed by atoms with E-state index in [0.29, 0.717) is 16.5 Å². The van der Waals surface area contributed by atoms with Gasteiger partial charge in [0.05, 0.1) is 11.4 Å². The summed E-state index contributed by atoms with van der Waals surface area (Å²) in [4.78, 5) is 10.9. The van der Waals surface area contributed by atoms with E-state index in [-0.39, 0.29) is 0 Å². The van der Waals surface area contributed by atoms with E-state index in [4.69, 9.17) is 17.3 Å². The Kier molecular flexibility index (Phi) is 3.01. The van der Waals surface area contributed by atoms with Gasteiger partial charge in [-0.05, 0) is 19.1 Å². The lowest BCUT2D eigenvalue weighted by Gasteiger charge is -2.07. The largest absolute Gasteiger partial charge is 0.351 e. The fourth-order valence-electron chi connectivity index (χ4n) is 1.49. The number of para-hydroxylation sites is 1. The Morgan fingerprint density at radius 3 is 2.65 bits per heavy atom. The first kappa shape index (κ1) is 11.5. The van der Waals surface area contributed by atoms with Gasteiger partial charge in [0.25, 0.3) is 0 Å². The van der Waals surface area contributed by atoms with Crippen LogP contribution in [0.3, 0.4) is 0 Å². The number of amides is 2. The number of nitrogens with zero attached hydrogens (tertiary/aromatic N) is 2. The van der Waals surface area contributed by atoms with Crippen molar-refractivity contribution in [2.75, 3.05) is 5.32 Å². The van der Waals surface area contributed by atoms with E-state index < -0.39 is 6.03 Å². The van der Waals surface area contributed by atoms with Gasteiger partial charge in [-0.15, -0.1) is 0 Å². The van der Waals surface area contributed by atoms with Gasteiger partial charge < -0.3 is 5.73 Å². The second kappa shape index (κ2) is 4.47. The number of urea groups is 1. The monoisotopic (exact) mass is 250 g/mol. The first-order valence-corrected chi connectivity index (χ1v) is 5.34. The summed E-state index contributed by atoms with van der Waals surface area (Å²) in [5.41, 5.74) is 6.52. The topological polar surface area (TPSA) is 72.9 Å². The molecule has 0 spiro atoms. The van der Waals surface area contributed by atoms with E-state index in [2.05, 4.69) is 10.4 Å². The van der Waals surface area contributed by atoms with E-state index in [1.165, 1.54) is 0 Å². The molecule has 0 aliphatic heterocycles. The number of rotatable bonds is 2. The Balaban J connectivity index is 2.54. The van der Waals surface area contributed by atoms with E-state index in [9.17, 15) is 4.79 Å². The fraction of sp³-hybridized carbons (Fsp3) is 0.0909. The van der Waals surface area contributed by atoms with Crippen molar-refractivity contribution in [1.29, 1.82) is 0 Å². The van der Waals surface area contributed by atoms with Gasteiger partial charge in [0.2, 0.25) is 0 Å². The molecule has 2 amide bonds. The minimum Gasteiger partial charge on any atom is -0.351 e. The van der Waals surface area contributed by atoms with Gasteiger partial charge in [-0.1, -0.05) is 29.8 Å². The van der Waals surface area contributed by atoms with Crippen LogP contribution < -0.4 is 11.1 Å². The Bertz CT molecular complexity index is 550. The van der Waals surface area contributed by atoms with Crippen LogP contribution >= 0.6 is 11.6 Å². The minimum absolute atomic E-state index is 0.378. The SMILES string of the molecule is Cc1nn(-c2ccccc2)c(NC(N)=O)c1Cl. The van der Waals surface area contributed by atoms with Crippen LogP contribution in [0.25, 0.3) is 5.69 Å². The molecule has 0 saturated carbocycles. The van der Waals surface area contributed by atoms with Crippen molar-refractivity contribution in [1.82, 2.24) is 9.78 Å². The predicted octanol–water partition coefficient (Wildman–Crippen LogP) is 2.32. The number of nitrogens with one attached hydrogen (secondary N) is 1. The van der Waals surface area contributed by atoms with Crippen molar-refractivity contribution in [3.8, 4) is 5.69 Å². The number of hydrogen-bond donors (Lipinski definition) is 2. The van der Waals surface area contributed by atoms with Gasteiger partial charge in [0.15, 0.2) is 5.82 Å². The lowest BCUT2D eigenvalue weighted by atomic mass is 10.3. The van der Waals surface area contributed by atoms with Crippen molar-refractivity contribution in [2.45, 2.75) is 6.92 Å². The van der Waals surface area contributed by atoms with Crippen molar-refractivity contribution < 1.29 is 4.79 Å². The molecule has 88 valence electrons. The van der Waals surface area contributed by atoms with Crippen LogP contribution in [-0.4, -0.2) is 15.8 Å². The van der Waals surface area contributed by atoms with Crippen molar-refractivity contribution >= 4 is 23.4 Å². The van der Waals surface area contributed by atoms with Crippen LogP contribution in [0.4, 0.5) is 10.6 Å². The highest BCUT2D eigenvalue weighted by atomic mass is 35.5. The van der Waals surface area contributed by atoms with Gasteiger partial charge in [-0.3, -0.25) is 5.32 Å². The lowest BCUT2D eigenvalue weighted by molar-refractivity contribution is 0.259. The Labute approximate surface area is 103 Å². The summed E-state index contributed by atoms with van der Waals surface area (Å²) in [7, 11) is 0. The zero-order valence-electron chi connectivity index (χ0n) is 9.14. The van der Waals surface area contributed by atoms with Gasteiger partial charge in [0.1, 0.15) is 5.02 Å². The Morgan fingerprint density at radius 1 is 1.41 bits per heavy atom. The first-order chi connectivity index (χ1) is 8.09. The molecule has 0 aliphatic carbocycles. The zero-order valence-corrected chi connectivity index (χ0v) is 9.90. The molecule has 0 aliphatic rings. The number of aromatic nitrogens is 2. The number of aryl methyl sites for hydroxylation is 1. The van der Waals surface area contributed by atoms with Crippen LogP contribution in [0.5, 0.6) is 0 Å². The number of carbonyl (C=O) groups excluding carboxylic acids is 1. The van der Waals surface area contributed by atoms with Gasteiger partial charge in [-0.25, -0.2) is 9.48 Å². The molecule has 1 heterocycles.